The van der Waals surface area contributed by atoms with Gasteiger partial charge in [0, 0.05) is 12.3 Å². The Morgan fingerprint density at radius 2 is 2.00 bits per heavy atom. The Balaban J connectivity index is 2.16. The number of nitrogens with two attached hydrogens (primary N) is 1. The molecule has 1 fully saturated rings. The number of halogens is 2. The number of anilines is 1. The number of nitrogen functional groups attached to an aromatic ring is 1. The van der Waals surface area contributed by atoms with Gasteiger partial charge < -0.3 is 29.2 Å². The van der Waals surface area contributed by atoms with Crippen LogP contribution in [-0.4, -0.2) is 67.1 Å². The van der Waals surface area contributed by atoms with Crippen LogP contribution in [0.3, 0.4) is 0 Å². The number of carbonyl (C=O) groups excluding carboxylic acids is 1. The number of aromatic nitrogens is 2. The topological polar surface area (TPSA) is 135 Å². The third-order valence-corrected chi connectivity index (χ3v) is 9.88. The second kappa shape index (κ2) is 10.8. The Kier molecular flexibility index (Phi) is 8.87. The first kappa shape index (κ1) is 27.1. The fourth-order valence-electron chi connectivity index (χ4n) is 3.70. The van der Waals surface area contributed by atoms with E-state index in [1.54, 1.807) is 0 Å². The zero-order valence-electron chi connectivity index (χ0n) is 19.1. The van der Waals surface area contributed by atoms with Crippen LogP contribution in [0, 0.1) is 0 Å². The van der Waals surface area contributed by atoms with Crippen molar-refractivity contribution in [2.24, 2.45) is 0 Å². The maximum Gasteiger partial charge on any atom is 0.351 e. The average Bonchev–Trinajstić information content (AvgIpc) is 2.96. The first-order valence-electron chi connectivity index (χ1n) is 10.5. The molecule has 3 N–H and O–H groups in total. The lowest BCUT2D eigenvalue weighted by Gasteiger charge is -2.38. The smallest absolute Gasteiger partial charge is 0.351 e. The molecule has 0 radical (unpaired) electrons. The number of aliphatic hydroxyl groups excluding tert-OH is 1. The Bertz CT molecular complexity index is 889. The molecule has 186 valence electrons. The molecule has 1 aliphatic rings. The molecule has 0 aromatic carbocycles. The lowest BCUT2D eigenvalue weighted by atomic mass is 10.1. The summed E-state index contributed by atoms with van der Waals surface area (Å²) in [5.41, 5.74) is 4.17. The van der Waals surface area contributed by atoms with E-state index in [2.05, 4.69) is 11.6 Å². The fraction of sp³-hybridized carbons (Fsp3) is 0.650. The minimum atomic E-state index is -3.78. The number of rotatable bonds is 11. The predicted octanol–water partition coefficient (Wildman–Crippen LogP) is 1.74. The number of hydrogen-bond acceptors (Lipinski definition) is 9. The van der Waals surface area contributed by atoms with Gasteiger partial charge in [-0.3, -0.25) is 4.57 Å². The van der Waals surface area contributed by atoms with E-state index in [1.807, 2.05) is 27.7 Å². The van der Waals surface area contributed by atoms with E-state index in [0.29, 0.717) is 4.57 Å². The first-order valence-corrected chi connectivity index (χ1v) is 12.5. The number of hydrogen-bond donors (Lipinski definition) is 2. The normalized spacial score (nSPS) is 22.6. The van der Waals surface area contributed by atoms with Gasteiger partial charge in [-0.25, -0.2) is 9.59 Å². The van der Waals surface area contributed by atoms with Crippen molar-refractivity contribution in [3.63, 3.8) is 0 Å². The summed E-state index contributed by atoms with van der Waals surface area (Å²) in [5, 5.41) is 10.3. The van der Waals surface area contributed by atoms with Gasteiger partial charge in [0.1, 0.15) is 18.5 Å². The van der Waals surface area contributed by atoms with E-state index < -0.39 is 44.6 Å². The van der Waals surface area contributed by atoms with Crippen molar-refractivity contribution in [1.82, 2.24) is 9.55 Å². The number of aliphatic hydroxyl groups is 1. The molecule has 1 aromatic heterocycles. The van der Waals surface area contributed by atoms with Crippen LogP contribution < -0.4 is 11.4 Å². The number of esters is 1. The van der Waals surface area contributed by atoms with Crippen LogP contribution in [0.1, 0.15) is 33.9 Å². The molecule has 0 aliphatic carbocycles. The monoisotopic (exact) mass is 491 g/mol. The quantitative estimate of drug-likeness (QED) is 0.205. The summed E-state index contributed by atoms with van der Waals surface area (Å²) in [7, 11) is -3.05. The Hall–Kier alpha value is -2.19. The zero-order valence-corrected chi connectivity index (χ0v) is 20.1. The van der Waals surface area contributed by atoms with Gasteiger partial charge in [0.15, 0.2) is 6.10 Å². The van der Waals surface area contributed by atoms with Crippen LogP contribution in [0.2, 0.25) is 11.1 Å². The molecule has 1 aliphatic heterocycles. The molecule has 33 heavy (non-hydrogen) atoms. The van der Waals surface area contributed by atoms with Crippen LogP contribution in [0.5, 0.6) is 0 Å². The Labute approximate surface area is 191 Å². The maximum atomic E-state index is 14.8. The molecule has 1 aromatic rings. The van der Waals surface area contributed by atoms with Gasteiger partial charge in [-0.15, -0.1) is 0 Å². The molecular weight excluding hydrogens is 460 g/mol. The van der Waals surface area contributed by atoms with Gasteiger partial charge in [-0.05, 0) is 17.1 Å². The largest absolute Gasteiger partial charge is 0.460 e. The highest BCUT2D eigenvalue weighted by atomic mass is 28.4. The molecule has 1 saturated heterocycles. The number of alkyl halides is 2. The minimum absolute atomic E-state index is 0.0296. The summed E-state index contributed by atoms with van der Waals surface area (Å²) in [6.07, 6.45) is -3.67. The van der Waals surface area contributed by atoms with E-state index in [-0.39, 0.29) is 36.7 Å². The van der Waals surface area contributed by atoms with E-state index in [4.69, 9.17) is 24.1 Å². The standard InChI is InChI=1S/C20H31F2N3O7Si/c1-6-16(26)29-9-10-30-33(12(2)3,13(4)5)31-11-14-17(27)20(21,22)18(32-14)25-8-7-15(23)24-19(25)28/h6-8,12-14,17-18,27H,1,9-11H2,2-5H3,(H2,23,24,28)/t14-,17?,18-/m1/s1. The molecule has 0 bridgehead atoms. The molecule has 1 unspecified atom stereocenters. The minimum Gasteiger partial charge on any atom is -0.460 e. The Morgan fingerprint density at radius 3 is 2.55 bits per heavy atom. The van der Waals surface area contributed by atoms with Crippen LogP contribution in [0.25, 0.3) is 0 Å². The summed E-state index contributed by atoms with van der Waals surface area (Å²) in [6, 6.07) is 1.18. The summed E-state index contributed by atoms with van der Waals surface area (Å²) < 4.78 is 52.6. The zero-order chi connectivity index (χ0) is 25.0. The second-order valence-corrected chi connectivity index (χ2v) is 12.6. The average molecular weight is 492 g/mol. The van der Waals surface area contributed by atoms with Crippen molar-refractivity contribution in [2.75, 3.05) is 25.6 Å². The molecule has 2 rings (SSSR count). The number of ether oxygens (including phenoxy) is 2. The predicted molar refractivity (Wildman–Crippen MR) is 117 cm³/mol. The van der Waals surface area contributed by atoms with Gasteiger partial charge in [-0.1, -0.05) is 34.3 Å². The highest BCUT2D eigenvalue weighted by Gasteiger charge is 2.60. The maximum absolute atomic E-state index is 14.8. The Morgan fingerprint density at radius 1 is 1.36 bits per heavy atom. The van der Waals surface area contributed by atoms with Crippen molar-refractivity contribution in [3.8, 4) is 0 Å². The highest BCUT2D eigenvalue weighted by molar-refractivity contribution is 6.70. The fourth-order valence-corrected chi connectivity index (χ4v) is 7.28. The summed E-state index contributed by atoms with van der Waals surface area (Å²) >= 11 is 0. The molecule has 0 saturated carbocycles. The summed E-state index contributed by atoms with van der Waals surface area (Å²) in [6.45, 7) is 10.5. The van der Waals surface area contributed by atoms with E-state index >= 15 is 0 Å². The molecule has 3 atom stereocenters. The van der Waals surface area contributed by atoms with Gasteiger partial charge in [-0.2, -0.15) is 13.8 Å². The van der Waals surface area contributed by atoms with Gasteiger partial charge in [0.2, 0.25) is 6.23 Å². The molecule has 13 heteroatoms. The van der Waals surface area contributed by atoms with Gasteiger partial charge in [0.05, 0.1) is 13.2 Å². The first-order chi connectivity index (χ1) is 15.4. The van der Waals surface area contributed by atoms with Crippen LogP contribution >= 0.6 is 0 Å². The SMILES string of the molecule is C=CC(=O)OCCO[Si](OC[C@H]1O[C@@H](n2ccc(N)nc2=O)C(F)(F)C1O)(C(C)C)C(C)C. The third kappa shape index (κ3) is 5.84. The highest BCUT2D eigenvalue weighted by Crippen LogP contribution is 2.43. The molecular formula is C20H31F2N3O7Si. The van der Waals surface area contributed by atoms with Crippen LogP contribution in [0.4, 0.5) is 14.6 Å². The molecule has 0 amide bonds. The van der Waals surface area contributed by atoms with Crippen molar-refractivity contribution in [1.29, 1.82) is 0 Å². The summed E-state index contributed by atoms with van der Waals surface area (Å²) in [4.78, 5) is 26.7. The molecule has 10 nitrogen and oxygen atoms in total. The van der Waals surface area contributed by atoms with E-state index in [0.717, 1.165) is 12.3 Å². The van der Waals surface area contributed by atoms with E-state index in [9.17, 15) is 23.5 Å². The van der Waals surface area contributed by atoms with Crippen molar-refractivity contribution < 1.29 is 37.0 Å². The van der Waals surface area contributed by atoms with Crippen LogP contribution in [0.15, 0.2) is 29.7 Å². The van der Waals surface area contributed by atoms with Crippen molar-refractivity contribution in [2.45, 2.75) is 63.1 Å². The van der Waals surface area contributed by atoms with E-state index in [1.165, 1.54) is 6.07 Å². The number of nitrogens with zero attached hydrogens (tertiary/aromatic N) is 2. The lowest BCUT2D eigenvalue weighted by molar-refractivity contribution is -0.141. The van der Waals surface area contributed by atoms with Crippen molar-refractivity contribution >= 4 is 20.3 Å². The van der Waals surface area contributed by atoms with Crippen molar-refractivity contribution in [3.05, 3.63) is 35.4 Å². The number of carbonyl (C=O) groups is 1. The summed E-state index contributed by atoms with van der Waals surface area (Å²) in [5.74, 6) is -4.50. The van der Waals surface area contributed by atoms with Crippen LogP contribution in [-0.2, 0) is 23.1 Å². The molecule has 0 spiro atoms. The van der Waals surface area contributed by atoms with Gasteiger partial charge >= 0.3 is 26.1 Å². The third-order valence-electron chi connectivity index (χ3n) is 5.39. The lowest BCUT2D eigenvalue weighted by Crippen LogP contribution is -2.51. The molecule has 2 heterocycles. The second-order valence-electron chi connectivity index (χ2n) is 8.25. The van der Waals surface area contributed by atoms with Gasteiger partial charge in [0.25, 0.3) is 0 Å².